The number of fused-ring (bicyclic) bond motifs is 2. The predicted molar refractivity (Wildman–Crippen MR) is 88.1 cm³/mol. The van der Waals surface area contributed by atoms with Crippen LogP contribution >= 0.6 is 0 Å². The molecule has 0 aliphatic carbocycles. The summed E-state index contributed by atoms with van der Waals surface area (Å²) in [5.41, 5.74) is 2.09. The fourth-order valence-electron chi connectivity index (χ4n) is 2.64. The number of carbonyl (C=O) groups is 1. The quantitative estimate of drug-likeness (QED) is 0.628. The van der Waals surface area contributed by atoms with E-state index >= 15 is 0 Å². The SMILES string of the molecule is O=C(Cc1noc2ccccc12)Nc1cccc2cnccc12. The molecule has 0 radical (unpaired) electrons. The minimum atomic E-state index is -0.131. The molecule has 2 aromatic carbocycles. The van der Waals surface area contributed by atoms with E-state index in [0.29, 0.717) is 11.3 Å². The summed E-state index contributed by atoms with van der Waals surface area (Å²) in [6, 6.07) is 15.1. The molecule has 0 bridgehead atoms. The van der Waals surface area contributed by atoms with Crippen molar-refractivity contribution in [3.63, 3.8) is 0 Å². The highest BCUT2D eigenvalue weighted by Gasteiger charge is 2.13. The van der Waals surface area contributed by atoms with Crippen LogP contribution in [0.3, 0.4) is 0 Å². The number of anilines is 1. The Bertz CT molecular complexity index is 1000. The van der Waals surface area contributed by atoms with Gasteiger partial charge in [-0.2, -0.15) is 0 Å². The van der Waals surface area contributed by atoms with Gasteiger partial charge in [-0.3, -0.25) is 9.78 Å². The molecule has 4 aromatic rings. The second kappa shape index (κ2) is 5.53. The van der Waals surface area contributed by atoms with Crippen molar-refractivity contribution in [2.45, 2.75) is 6.42 Å². The van der Waals surface area contributed by atoms with Gasteiger partial charge in [0, 0.05) is 34.2 Å². The lowest BCUT2D eigenvalue weighted by molar-refractivity contribution is -0.115. The van der Waals surface area contributed by atoms with Gasteiger partial charge in [0.15, 0.2) is 5.58 Å². The molecule has 112 valence electrons. The number of hydrogen-bond donors (Lipinski definition) is 1. The third-order valence-electron chi connectivity index (χ3n) is 3.73. The average molecular weight is 303 g/mol. The molecule has 1 amide bonds. The van der Waals surface area contributed by atoms with Crippen LogP contribution in [0.15, 0.2) is 65.4 Å². The van der Waals surface area contributed by atoms with E-state index in [-0.39, 0.29) is 12.3 Å². The van der Waals surface area contributed by atoms with Crippen molar-refractivity contribution in [2.24, 2.45) is 0 Å². The van der Waals surface area contributed by atoms with Crippen molar-refractivity contribution in [2.75, 3.05) is 5.32 Å². The summed E-state index contributed by atoms with van der Waals surface area (Å²) in [4.78, 5) is 16.5. The molecule has 0 spiro atoms. The summed E-state index contributed by atoms with van der Waals surface area (Å²) < 4.78 is 5.23. The maximum absolute atomic E-state index is 12.4. The zero-order chi connectivity index (χ0) is 15.6. The van der Waals surface area contributed by atoms with Crippen molar-refractivity contribution < 1.29 is 9.32 Å². The predicted octanol–water partition coefficient (Wildman–Crippen LogP) is 3.56. The Morgan fingerprint density at radius 2 is 1.96 bits per heavy atom. The largest absolute Gasteiger partial charge is 0.356 e. The van der Waals surface area contributed by atoms with Gasteiger partial charge in [0.2, 0.25) is 5.91 Å². The van der Waals surface area contributed by atoms with Crippen molar-refractivity contribution >= 4 is 33.3 Å². The molecular formula is C18H13N3O2. The molecule has 2 aromatic heterocycles. The first kappa shape index (κ1) is 13.5. The summed E-state index contributed by atoms with van der Waals surface area (Å²) in [5.74, 6) is -0.131. The highest BCUT2D eigenvalue weighted by Crippen LogP contribution is 2.23. The average Bonchev–Trinajstić information content (AvgIpc) is 2.98. The number of aromatic nitrogens is 2. The molecule has 23 heavy (non-hydrogen) atoms. The van der Waals surface area contributed by atoms with Gasteiger partial charge in [-0.15, -0.1) is 0 Å². The van der Waals surface area contributed by atoms with E-state index < -0.39 is 0 Å². The molecule has 4 rings (SSSR count). The van der Waals surface area contributed by atoms with E-state index in [1.54, 1.807) is 12.4 Å². The molecule has 0 atom stereocenters. The van der Waals surface area contributed by atoms with E-state index in [1.807, 2.05) is 48.5 Å². The number of hydrogen-bond acceptors (Lipinski definition) is 4. The third kappa shape index (κ3) is 2.53. The Morgan fingerprint density at radius 1 is 1.04 bits per heavy atom. The van der Waals surface area contributed by atoms with Gasteiger partial charge in [-0.25, -0.2) is 0 Å². The summed E-state index contributed by atoms with van der Waals surface area (Å²) in [6.45, 7) is 0. The van der Waals surface area contributed by atoms with E-state index in [2.05, 4.69) is 15.5 Å². The third-order valence-corrected chi connectivity index (χ3v) is 3.73. The van der Waals surface area contributed by atoms with Crippen LogP contribution in [0, 0.1) is 0 Å². The number of rotatable bonds is 3. The van der Waals surface area contributed by atoms with Crippen LogP contribution in [0.25, 0.3) is 21.7 Å². The molecule has 0 saturated heterocycles. The van der Waals surface area contributed by atoms with Crippen LogP contribution in [0.2, 0.25) is 0 Å². The Balaban J connectivity index is 1.60. The smallest absolute Gasteiger partial charge is 0.230 e. The molecule has 2 heterocycles. The fraction of sp³-hybridized carbons (Fsp3) is 0.0556. The summed E-state index contributed by atoms with van der Waals surface area (Å²) in [5, 5.41) is 9.74. The van der Waals surface area contributed by atoms with Crippen LogP contribution in [-0.4, -0.2) is 16.0 Å². The topological polar surface area (TPSA) is 68.0 Å². The number of carbonyl (C=O) groups excluding carboxylic acids is 1. The molecule has 0 aliphatic heterocycles. The lowest BCUT2D eigenvalue weighted by atomic mass is 10.1. The zero-order valence-corrected chi connectivity index (χ0v) is 12.2. The van der Waals surface area contributed by atoms with Gasteiger partial charge >= 0.3 is 0 Å². The van der Waals surface area contributed by atoms with Gasteiger partial charge in [0.05, 0.1) is 6.42 Å². The standard InChI is InChI=1S/C18H13N3O2/c22-18(10-16-14-5-1-2-7-17(14)23-21-16)20-15-6-3-4-12-11-19-9-8-13(12)15/h1-9,11H,10H2,(H,20,22). The fourth-order valence-corrected chi connectivity index (χ4v) is 2.64. The minimum absolute atomic E-state index is 0.131. The lowest BCUT2D eigenvalue weighted by Gasteiger charge is -2.07. The van der Waals surface area contributed by atoms with Crippen LogP contribution in [-0.2, 0) is 11.2 Å². The highest BCUT2D eigenvalue weighted by molar-refractivity contribution is 6.03. The second-order valence-corrected chi connectivity index (χ2v) is 5.25. The van der Waals surface area contributed by atoms with Crippen molar-refractivity contribution in [3.8, 4) is 0 Å². The maximum Gasteiger partial charge on any atom is 0.230 e. The molecule has 0 fully saturated rings. The monoisotopic (exact) mass is 303 g/mol. The molecule has 5 nitrogen and oxygen atoms in total. The van der Waals surface area contributed by atoms with Gasteiger partial charge in [0.25, 0.3) is 0 Å². The first-order valence-electron chi connectivity index (χ1n) is 7.27. The number of nitrogens with one attached hydrogen (secondary N) is 1. The van der Waals surface area contributed by atoms with Gasteiger partial charge in [-0.05, 0) is 24.3 Å². The van der Waals surface area contributed by atoms with E-state index in [9.17, 15) is 4.79 Å². The van der Waals surface area contributed by atoms with Gasteiger partial charge in [-0.1, -0.05) is 29.4 Å². The number of para-hydroxylation sites is 1. The Morgan fingerprint density at radius 3 is 2.91 bits per heavy atom. The highest BCUT2D eigenvalue weighted by atomic mass is 16.5. The maximum atomic E-state index is 12.4. The normalized spacial score (nSPS) is 11.0. The Hall–Kier alpha value is -3.21. The second-order valence-electron chi connectivity index (χ2n) is 5.25. The summed E-state index contributed by atoms with van der Waals surface area (Å²) in [6.07, 6.45) is 3.65. The van der Waals surface area contributed by atoms with Gasteiger partial charge < -0.3 is 9.84 Å². The van der Waals surface area contributed by atoms with Crippen LogP contribution in [0.4, 0.5) is 5.69 Å². The van der Waals surface area contributed by atoms with Crippen LogP contribution < -0.4 is 5.32 Å². The number of benzene rings is 2. The van der Waals surface area contributed by atoms with Crippen molar-refractivity contribution in [1.82, 2.24) is 10.1 Å². The molecule has 0 aliphatic rings. The molecule has 1 N–H and O–H groups in total. The first-order valence-corrected chi connectivity index (χ1v) is 7.27. The Labute approximate surface area is 131 Å². The molecule has 0 unspecified atom stereocenters. The molecule has 5 heteroatoms. The number of pyridine rings is 1. The Kier molecular flexibility index (Phi) is 3.24. The zero-order valence-electron chi connectivity index (χ0n) is 12.2. The summed E-state index contributed by atoms with van der Waals surface area (Å²) >= 11 is 0. The lowest BCUT2D eigenvalue weighted by Crippen LogP contribution is -2.15. The van der Waals surface area contributed by atoms with Crippen molar-refractivity contribution in [3.05, 3.63) is 66.6 Å². The molecular weight excluding hydrogens is 290 g/mol. The number of nitrogens with zero attached hydrogens (tertiary/aromatic N) is 2. The first-order chi connectivity index (χ1) is 11.3. The van der Waals surface area contributed by atoms with Crippen LogP contribution in [0.5, 0.6) is 0 Å². The van der Waals surface area contributed by atoms with Crippen molar-refractivity contribution in [1.29, 1.82) is 0 Å². The van der Waals surface area contributed by atoms with E-state index in [1.165, 1.54) is 0 Å². The number of amides is 1. The van der Waals surface area contributed by atoms with Crippen LogP contribution in [0.1, 0.15) is 5.69 Å². The van der Waals surface area contributed by atoms with E-state index in [0.717, 1.165) is 21.8 Å². The minimum Gasteiger partial charge on any atom is -0.356 e. The molecule has 0 saturated carbocycles. The van der Waals surface area contributed by atoms with E-state index in [4.69, 9.17) is 4.52 Å². The van der Waals surface area contributed by atoms with Gasteiger partial charge in [0.1, 0.15) is 5.69 Å². The summed E-state index contributed by atoms with van der Waals surface area (Å²) in [7, 11) is 0.